The lowest BCUT2D eigenvalue weighted by Gasteiger charge is -2.32. The van der Waals surface area contributed by atoms with E-state index in [2.05, 4.69) is 9.88 Å². The lowest BCUT2D eigenvalue weighted by Crippen LogP contribution is -2.42. The molecule has 1 saturated carbocycles. The van der Waals surface area contributed by atoms with Crippen LogP contribution in [0, 0.1) is 5.92 Å². The van der Waals surface area contributed by atoms with Gasteiger partial charge in [0, 0.05) is 31.9 Å². The van der Waals surface area contributed by atoms with Crippen molar-refractivity contribution in [3.8, 4) is 0 Å². The van der Waals surface area contributed by atoms with Gasteiger partial charge in [-0.1, -0.05) is 6.07 Å². The molecule has 1 aromatic heterocycles. The van der Waals surface area contributed by atoms with Crippen LogP contribution < -0.4 is 0 Å². The van der Waals surface area contributed by atoms with E-state index in [9.17, 15) is 0 Å². The van der Waals surface area contributed by atoms with Crippen LogP contribution >= 0.6 is 0 Å². The summed E-state index contributed by atoms with van der Waals surface area (Å²) in [5, 5.41) is 0. The van der Waals surface area contributed by atoms with Crippen molar-refractivity contribution in [1.82, 2.24) is 9.88 Å². The van der Waals surface area contributed by atoms with E-state index < -0.39 is 0 Å². The third kappa shape index (κ3) is 3.12. The number of aromatic nitrogens is 1. The van der Waals surface area contributed by atoms with Gasteiger partial charge in [0.05, 0.1) is 18.4 Å². The van der Waals surface area contributed by atoms with Gasteiger partial charge in [-0.3, -0.25) is 9.88 Å². The summed E-state index contributed by atoms with van der Waals surface area (Å²) in [6.45, 7) is 3.75. The second-order valence-electron chi connectivity index (χ2n) is 6.61. The van der Waals surface area contributed by atoms with Crippen molar-refractivity contribution in [1.29, 1.82) is 0 Å². The quantitative estimate of drug-likeness (QED) is 0.832. The molecule has 3 fully saturated rings. The van der Waals surface area contributed by atoms with Gasteiger partial charge in [0.1, 0.15) is 6.10 Å². The summed E-state index contributed by atoms with van der Waals surface area (Å²) in [4.78, 5) is 6.97. The highest BCUT2D eigenvalue weighted by Gasteiger charge is 2.45. The zero-order valence-corrected chi connectivity index (χ0v) is 12.5. The monoisotopic (exact) mass is 288 g/mol. The zero-order valence-electron chi connectivity index (χ0n) is 12.5. The van der Waals surface area contributed by atoms with Crippen LogP contribution in [0.15, 0.2) is 24.4 Å². The average Bonchev–Trinajstić information content (AvgIpc) is 3.29. The summed E-state index contributed by atoms with van der Waals surface area (Å²) < 4.78 is 12.2. The topological polar surface area (TPSA) is 34.6 Å². The highest BCUT2D eigenvalue weighted by atomic mass is 16.5. The van der Waals surface area contributed by atoms with E-state index in [0.29, 0.717) is 12.6 Å². The Morgan fingerprint density at radius 3 is 3.05 bits per heavy atom. The lowest BCUT2D eigenvalue weighted by atomic mass is 10.0. The Bertz CT molecular complexity index is 463. The van der Waals surface area contributed by atoms with E-state index in [1.54, 1.807) is 0 Å². The minimum Gasteiger partial charge on any atom is -0.374 e. The van der Waals surface area contributed by atoms with Gasteiger partial charge in [-0.25, -0.2) is 0 Å². The largest absolute Gasteiger partial charge is 0.374 e. The number of hydrogen-bond acceptors (Lipinski definition) is 4. The SMILES string of the molecule is c1ccc(CO[C@@H]2CN(CC3CC3)[C@H]3CCCO[C@@H]23)nc1. The van der Waals surface area contributed by atoms with Gasteiger partial charge in [-0.15, -0.1) is 0 Å². The number of likely N-dealkylation sites (tertiary alicyclic amines) is 1. The molecule has 4 rings (SSSR count). The molecule has 0 radical (unpaired) electrons. The van der Waals surface area contributed by atoms with Crippen LogP contribution in [-0.4, -0.2) is 47.8 Å². The highest BCUT2D eigenvalue weighted by molar-refractivity contribution is 5.03. The van der Waals surface area contributed by atoms with Gasteiger partial charge >= 0.3 is 0 Å². The molecule has 1 aromatic rings. The smallest absolute Gasteiger partial charge is 0.100 e. The van der Waals surface area contributed by atoms with Crippen LogP contribution in [0.5, 0.6) is 0 Å². The normalized spacial score (nSPS) is 33.0. The summed E-state index contributed by atoms with van der Waals surface area (Å²) in [5.74, 6) is 0.933. The molecule has 1 aliphatic carbocycles. The van der Waals surface area contributed by atoms with Crippen molar-refractivity contribution >= 4 is 0 Å². The van der Waals surface area contributed by atoms with Crippen molar-refractivity contribution in [3.63, 3.8) is 0 Å². The number of rotatable bonds is 5. The van der Waals surface area contributed by atoms with Crippen molar-refractivity contribution in [2.45, 2.75) is 50.5 Å². The predicted octanol–water partition coefficient (Wildman–Crippen LogP) is 2.24. The van der Waals surface area contributed by atoms with Crippen LogP contribution in [0.3, 0.4) is 0 Å². The van der Waals surface area contributed by atoms with Crippen molar-refractivity contribution in [2.75, 3.05) is 19.7 Å². The number of pyridine rings is 1. The van der Waals surface area contributed by atoms with Crippen molar-refractivity contribution in [3.05, 3.63) is 30.1 Å². The minimum absolute atomic E-state index is 0.205. The summed E-state index contributed by atoms with van der Waals surface area (Å²) in [6.07, 6.45) is 7.57. The van der Waals surface area contributed by atoms with E-state index in [-0.39, 0.29) is 12.2 Å². The molecule has 3 aliphatic rings. The Morgan fingerprint density at radius 1 is 1.29 bits per heavy atom. The van der Waals surface area contributed by atoms with E-state index in [0.717, 1.165) is 24.8 Å². The van der Waals surface area contributed by atoms with E-state index in [1.807, 2.05) is 24.4 Å². The molecule has 4 heteroatoms. The standard InChI is InChI=1S/C17H24N2O2/c1-2-8-18-14(4-1)12-21-16-11-19(10-13-6-7-13)15-5-3-9-20-17(15)16/h1-2,4,8,13,15-17H,3,5-7,9-12H2/t15-,16+,17+/m0/s1. The van der Waals surface area contributed by atoms with Crippen LogP contribution in [0.1, 0.15) is 31.4 Å². The first-order valence-corrected chi connectivity index (χ1v) is 8.27. The number of fused-ring (bicyclic) bond motifs is 1. The Balaban J connectivity index is 1.39. The van der Waals surface area contributed by atoms with Gasteiger partial charge in [-0.05, 0) is 43.7 Å². The predicted molar refractivity (Wildman–Crippen MR) is 79.9 cm³/mol. The Labute approximate surface area is 126 Å². The van der Waals surface area contributed by atoms with Gasteiger partial charge in [-0.2, -0.15) is 0 Å². The maximum Gasteiger partial charge on any atom is 0.100 e. The molecular weight excluding hydrogens is 264 g/mol. The molecular formula is C17H24N2O2. The summed E-state index contributed by atoms with van der Waals surface area (Å²) in [5.41, 5.74) is 1.01. The van der Waals surface area contributed by atoms with Gasteiger partial charge < -0.3 is 9.47 Å². The average molecular weight is 288 g/mol. The zero-order chi connectivity index (χ0) is 14.1. The van der Waals surface area contributed by atoms with Crippen molar-refractivity contribution < 1.29 is 9.47 Å². The van der Waals surface area contributed by atoms with Crippen molar-refractivity contribution in [2.24, 2.45) is 5.92 Å². The molecule has 21 heavy (non-hydrogen) atoms. The van der Waals surface area contributed by atoms with Crippen LogP contribution in [0.4, 0.5) is 0 Å². The molecule has 0 bridgehead atoms. The van der Waals surface area contributed by atoms with E-state index in [4.69, 9.17) is 9.47 Å². The van der Waals surface area contributed by atoms with Gasteiger partial charge in [0.15, 0.2) is 0 Å². The number of nitrogens with zero attached hydrogens (tertiary/aromatic N) is 2. The van der Waals surface area contributed by atoms with Crippen LogP contribution in [0.2, 0.25) is 0 Å². The fourth-order valence-electron chi connectivity index (χ4n) is 3.67. The lowest BCUT2D eigenvalue weighted by molar-refractivity contribution is -0.0822. The fourth-order valence-corrected chi connectivity index (χ4v) is 3.67. The van der Waals surface area contributed by atoms with Gasteiger partial charge in [0.25, 0.3) is 0 Å². The molecule has 0 spiro atoms. The molecule has 0 N–H and O–H groups in total. The summed E-state index contributed by atoms with van der Waals surface area (Å²) in [6, 6.07) is 6.56. The Kier molecular flexibility index (Phi) is 3.93. The first-order valence-electron chi connectivity index (χ1n) is 8.27. The Hall–Kier alpha value is -0.970. The molecule has 3 heterocycles. The Morgan fingerprint density at radius 2 is 2.24 bits per heavy atom. The first kappa shape index (κ1) is 13.7. The maximum atomic E-state index is 6.16. The second-order valence-corrected chi connectivity index (χ2v) is 6.61. The van der Waals surface area contributed by atoms with E-state index in [1.165, 1.54) is 32.2 Å². The highest BCUT2D eigenvalue weighted by Crippen LogP contribution is 2.36. The maximum absolute atomic E-state index is 6.16. The molecule has 2 saturated heterocycles. The summed E-state index contributed by atoms with van der Waals surface area (Å²) >= 11 is 0. The minimum atomic E-state index is 0.205. The molecule has 0 amide bonds. The van der Waals surface area contributed by atoms with Crippen LogP contribution in [-0.2, 0) is 16.1 Å². The fraction of sp³-hybridized carbons (Fsp3) is 0.706. The third-order valence-corrected chi connectivity index (χ3v) is 4.94. The molecule has 114 valence electrons. The van der Waals surface area contributed by atoms with Gasteiger partial charge in [0.2, 0.25) is 0 Å². The second kappa shape index (κ2) is 6.03. The molecule has 2 aliphatic heterocycles. The number of ether oxygens (including phenoxy) is 2. The van der Waals surface area contributed by atoms with Crippen LogP contribution in [0.25, 0.3) is 0 Å². The summed E-state index contributed by atoms with van der Waals surface area (Å²) in [7, 11) is 0. The molecule has 0 aromatic carbocycles. The van der Waals surface area contributed by atoms with E-state index >= 15 is 0 Å². The third-order valence-electron chi connectivity index (χ3n) is 4.94. The molecule has 4 nitrogen and oxygen atoms in total. The number of hydrogen-bond donors (Lipinski definition) is 0. The molecule has 3 atom stereocenters. The molecule has 0 unspecified atom stereocenters. The first-order chi connectivity index (χ1) is 10.4.